The summed E-state index contributed by atoms with van der Waals surface area (Å²) in [7, 11) is 0. The lowest BCUT2D eigenvalue weighted by atomic mass is 9.98. The van der Waals surface area contributed by atoms with Crippen molar-refractivity contribution >= 4 is 11.9 Å². The first-order valence-electron chi connectivity index (χ1n) is 6.51. The summed E-state index contributed by atoms with van der Waals surface area (Å²) in [5.74, 6) is -0.457. The lowest BCUT2D eigenvalue weighted by Crippen LogP contribution is -2.50. The van der Waals surface area contributed by atoms with Crippen LogP contribution in [0.1, 0.15) is 38.5 Å². The van der Waals surface area contributed by atoms with Gasteiger partial charge in [-0.3, -0.25) is 4.79 Å². The molecule has 1 saturated heterocycles. The molecule has 1 aliphatic heterocycles. The van der Waals surface area contributed by atoms with Crippen LogP contribution in [0.4, 0.5) is 4.79 Å². The maximum Gasteiger partial charge on any atom is 0.317 e. The van der Waals surface area contributed by atoms with Crippen LogP contribution in [-0.4, -0.2) is 36.0 Å². The Morgan fingerprint density at radius 1 is 1.12 bits per heavy atom. The number of nitrogens with two attached hydrogens (primary N) is 1. The van der Waals surface area contributed by atoms with Crippen molar-refractivity contribution in [3.8, 4) is 0 Å². The van der Waals surface area contributed by atoms with Gasteiger partial charge in [-0.1, -0.05) is 12.8 Å². The van der Waals surface area contributed by atoms with Crippen molar-refractivity contribution in [1.82, 2.24) is 10.2 Å². The number of carbonyl (C=O) groups excluding carboxylic acids is 2. The zero-order valence-electron chi connectivity index (χ0n) is 10.2. The Morgan fingerprint density at radius 2 is 1.82 bits per heavy atom. The summed E-state index contributed by atoms with van der Waals surface area (Å²) in [4.78, 5) is 24.8. The van der Waals surface area contributed by atoms with Crippen molar-refractivity contribution in [2.24, 2.45) is 11.7 Å². The number of nitrogens with one attached hydrogen (secondary N) is 1. The molecule has 17 heavy (non-hydrogen) atoms. The molecule has 0 bridgehead atoms. The van der Waals surface area contributed by atoms with Gasteiger partial charge in [-0.05, 0) is 25.7 Å². The Kier molecular flexibility index (Phi) is 3.86. The van der Waals surface area contributed by atoms with Crippen LogP contribution >= 0.6 is 0 Å². The van der Waals surface area contributed by atoms with Crippen LogP contribution in [0.15, 0.2) is 0 Å². The van der Waals surface area contributed by atoms with E-state index in [0.717, 1.165) is 32.2 Å². The number of hydrogen-bond acceptors (Lipinski definition) is 2. The van der Waals surface area contributed by atoms with Crippen LogP contribution in [0.25, 0.3) is 0 Å². The van der Waals surface area contributed by atoms with Gasteiger partial charge >= 0.3 is 6.03 Å². The van der Waals surface area contributed by atoms with Gasteiger partial charge in [-0.15, -0.1) is 0 Å². The van der Waals surface area contributed by atoms with Crippen molar-refractivity contribution in [3.63, 3.8) is 0 Å². The molecule has 0 aromatic heterocycles. The molecular weight excluding hydrogens is 218 g/mol. The second kappa shape index (κ2) is 5.38. The molecule has 0 unspecified atom stereocenters. The zero-order chi connectivity index (χ0) is 12.3. The summed E-state index contributed by atoms with van der Waals surface area (Å²) in [5, 5.41) is 3.04. The molecule has 5 nitrogen and oxygen atoms in total. The fraction of sp³-hybridized carbons (Fsp3) is 0.833. The zero-order valence-corrected chi connectivity index (χ0v) is 10.2. The molecule has 0 radical (unpaired) electrons. The standard InChI is InChI=1S/C12H21N3O2/c13-11(16)9-4-3-7-15(8-9)12(17)14-10-5-1-2-6-10/h9-10H,1-8H2,(H2,13,16)(H,14,17)/t9-/m0/s1. The van der Waals surface area contributed by atoms with Crippen molar-refractivity contribution in [2.45, 2.75) is 44.6 Å². The van der Waals surface area contributed by atoms with Crippen LogP contribution < -0.4 is 11.1 Å². The minimum Gasteiger partial charge on any atom is -0.369 e. The van der Waals surface area contributed by atoms with E-state index in [1.165, 1.54) is 12.8 Å². The van der Waals surface area contributed by atoms with Gasteiger partial charge in [-0.25, -0.2) is 4.79 Å². The van der Waals surface area contributed by atoms with E-state index in [9.17, 15) is 9.59 Å². The van der Waals surface area contributed by atoms with Gasteiger partial charge < -0.3 is 16.0 Å². The first kappa shape index (κ1) is 12.2. The quantitative estimate of drug-likeness (QED) is 0.749. The smallest absolute Gasteiger partial charge is 0.317 e. The highest BCUT2D eigenvalue weighted by atomic mass is 16.2. The van der Waals surface area contributed by atoms with Crippen LogP contribution in [0, 0.1) is 5.92 Å². The minimum atomic E-state index is -0.289. The number of hydrogen-bond donors (Lipinski definition) is 2. The topological polar surface area (TPSA) is 75.4 Å². The highest BCUT2D eigenvalue weighted by Crippen LogP contribution is 2.19. The molecule has 1 heterocycles. The van der Waals surface area contributed by atoms with Crippen LogP contribution in [0.2, 0.25) is 0 Å². The molecule has 96 valence electrons. The molecule has 2 aliphatic rings. The van der Waals surface area contributed by atoms with E-state index in [1.54, 1.807) is 4.90 Å². The average Bonchev–Trinajstić information content (AvgIpc) is 2.82. The molecule has 1 atom stereocenters. The number of primary amides is 1. The van der Waals surface area contributed by atoms with E-state index in [4.69, 9.17) is 5.73 Å². The number of piperidine rings is 1. The Labute approximate surface area is 102 Å². The van der Waals surface area contributed by atoms with Crippen LogP contribution in [-0.2, 0) is 4.79 Å². The average molecular weight is 239 g/mol. The third kappa shape index (κ3) is 3.11. The fourth-order valence-corrected chi connectivity index (χ4v) is 2.73. The van der Waals surface area contributed by atoms with Crippen molar-refractivity contribution in [1.29, 1.82) is 0 Å². The monoisotopic (exact) mass is 239 g/mol. The minimum absolute atomic E-state index is 0.0251. The molecule has 2 fully saturated rings. The van der Waals surface area contributed by atoms with Gasteiger partial charge in [0, 0.05) is 19.1 Å². The Morgan fingerprint density at radius 3 is 2.47 bits per heavy atom. The molecule has 1 saturated carbocycles. The normalized spacial score (nSPS) is 25.9. The van der Waals surface area contributed by atoms with E-state index in [-0.39, 0.29) is 17.9 Å². The number of nitrogens with zero attached hydrogens (tertiary/aromatic N) is 1. The first-order chi connectivity index (χ1) is 8.16. The number of carbonyl (C=O) groups is 2. The van der Waals surface area contributed by atoms with Crippen molar-refractivity contribution in [2.75, 3.05) is 13.1 Å². The fourth-order valence-electron chi connectivity index (χ4n) is 2.73. The summed E-state index contributed by atoms with van der Waals surface area (Å²) in [6.07, 6.45) is 6.25. The molecule has 5 heteroatoms. The highest BCUT2D eigenvalue weighted by Gasteiger charge is 2.28. The van der Waals surface area contributed by atoms with E-state index >= 15 is 0 Å². The largest absolute Gasteiger partial charge is 0.369 e. The van der Waals surface area contributed by atoms with Gasteiger partial charge in [0.05, 0.1) is 5.92 Å². The van der Waals surface area contributed by atoms with Crippen LogP contribution in [0.5, 0.6) is 0 Å². The summed E-state index contributed by atoms with van der Waals surface area (Å²) in [6, 6.07) is 0.305. The summed E-state index contributed by atoms with van der Waals surface area (Å²) >= 11 is 0. The number of urea groups is 1. The van der Waals surface area contributed by atoms with Gasteiger partial charge in [0.15, 0.2) is 0 Å². The van der Waals surface area contributed by atoms with Gasteiger partial charge in [-0.2, -0.15) is 0 Å². The van der Waals surface area contributed by atoms with E-state index in [2.05, 4.69) is 5.32 Å². The molecule has 2 rings (SSSR count). The first-order valence-corrected chi connectivity index (χ1v) is 6.51. The molecule has 0 aromatic rings. The van der Waals surface area contributed by atoms with E-state index in [0.29, 0.717) is 12.6 Å². The van der Waals surface area contributed by atoms with Gasteiger partial charge in [0.2, 0.25) is 5.91 Å². The maximum absolute atomic E-state index is 12.0. The summed E-state index contributed by atoms with van der Waals surface area (Å²) in [5.41, 5.74) is 5.30. The van der Waals surface area contributed by atoms with Crippen molar-refractivity contribution in [3.05, 3.63) is 0 Å². The molecule has 3 N–H and O–H groups in total. The number of likely N-dealkylation sites (tertiary alicyclic amines) is 1. The molecule has 1 aliphatic carbocycles. The second-order valence-corrected chi connectivity index (χ2v) is 5.12. The Bertz CT molecular complexity index is 300. The molecule has 0 aromatic carbocycles. The lowest BCUT2D eigenvalue weighted by Gasteiger charge is -2.32. The maximum atomic E-state index is 12.0. The Hall–Kier alpha value is -1.26. The number of amides is 3. The third-order valence-corrected chi connectivity index (χ3v) is 3.79. The third-order valence-electron chi connectivity index (χ3n) is 3.79. The predicted octanol–water partition coefficient (Wildman–Crippen LogP) is 0.836. The van der Waals surface area contributed by atoms with E-state index < -0.39 is 0 Å². The molecular formula is C12H21N3O2. The second-order valence-electron chi connectivity index (χ2n) is 5.12. The van der Waals surface area contributed by atoms with Crippen LogP contribution in [0.3, 0.4) is 0 Å². The molecule has 0 spiro atoms. The highest BCUT2D eigenvalue weighted by molar-refractivity contribution is 5.79. The molecule has 3 amide bonds. The summed E-state index contributed by atoms with van der Waals surface area (Å²) < 4.78 is 0. The lowest BCUT2D eigenvalue weighted by molar-refractivity contribution is -0.123. The predicted molar refractivity (Wildman–Crippen MR) is 64.3 cm³/mol. The van der Waals surface area contributed by atoms with Gasteiger partial charge in [0.25, 0.3) is 0 Å². The van der Waals surface area contributed by atoms with Crippen molar-refractivity contribution < 1.29 is 9.59 Å². The van der Waals surface area contributed by atoms with E-state index in [1.807, 2.05) is 0 Å². The number of rotatable bonds is 2. The summed E-state index contributed by atoms with van der Waals surface area (Å²) in [6.45, 7) is 1.22. The Balaban J connectivity index is 1.83. The van der Waals surface area contributed by atoms with Gasteiger partial charge in [0.1, 0.15) is 0 Å². The SMILES string of the molecule is NC(=O)[C@H]1CCCN(C(=O)NC2CCCC2)C1.